The second-order valence-electron chi connectivity index (χ2n) is 3.86. The third kappa shape index (κ3) is 2.35. The number of aryl methyl sites for hydroxylation is 1. The summed E-state index contributed by atoms with van der Waals surface area (Å²) in [4.78, 5) is 10.9. The van der Waals surface area contributed by atoms with Gasteiger partial charge in [0, 0.05) is 5.56 Å². The first-order valence-electron chi connectivity index (χ1n) is 5.50. The van der Waals surface area contributed by atoms with Crippen LogP contribution in [0.2, 0.25) is 0 Å². The standard InChI is InChI=1S/C13H18O3/c1-4-5-6-10-12(16-3)7-9(2)11(8-14)13(10)15/h7-8,15H,4-6H2,1-3H3. The molecule has 0 amide bonds. The molecule has 0 fully saturated rings. The lowest BCUT2D eigenvalue weighted by Gasteiger charge is -2.13. The summed E-state index contributed by atoms with van der Waals surface area (Å²) in [6.45, 7) is 3.87. The number of phenols is 1. The molecular formula is C13H18O3. The van der Waals surface area contributed by atoms with Crippen LogP contribution in [-0.2, 0) is 6.42 Å². The van der Waals surface area contributed by atoms with E-state index < -0.39 is 0 Å². The molecule has 0 radical (unpaired) electrons. The Hall–Kier alpha value is -1.51. The van der Waals surface area contributed by atoms with Crippen LogP contribution in [0.3, 0.4) is 0 Å². The third-order valence-corrected chi connectivity index (χ3v) is 2.73. The van der Waals surface area contributed by atoms with Gasteiger partial charge in [0.05, 0.1) is 12.7 Å². The largest absolute Gasteiger partial charge is 0.507 e. The highest BCUT2D eigenvalue weighted by atomic mass is 16.5. The van der Waals surface area contributed by atoms with Crippen LogP contribution in [0, 0.1) is 6.92 Å². The molecule has 0 heterocycles. The first-order chi connectivity index (χ1) is 7.65. The zero-order valence-electron chi connectivity index (χ0n) is 10.0. The normalized spacial score (nSPS) is 10.2. The summed E-state index contributed by atoms with van der Waals surface area (Å²) in [7, 11) is 1.57. The van der Waals surface area contributed by atoms with Crippen LogP contribution in [0.1, 0.15) is 41.3 Å². The molecule has 0 aliphatic rings. The zero-order valence-corrected chi connectivity index (χ0v) is 10.0. The summed E-state index contributed by atoms with van der Waals surface area (Å²) in [5.41, 5.74) is 1.84. The van der Waals surface area contributed by atoms with Crippen LogP contribution in [0.5, 0.6) is 11.5 Å². The Balaban J connectivity index is 3.25. The van der Waals surface area contributed by atoms with E-state index in [4.69, 9.17) is 4.74 Å². The maximum Gasteiger partial charge on any atom is 0.154 e. The molecule has 0 aliphatic heterocycles. The van der Waals surface area contributed by atoms with E-state index in [1.165, 1.54) is 0 Å². The van der Waals surface area contributed by atoms with Gasteiger partial charge in [0.2, 0.25) is 0 Å². The van der Waals surface area contributed by atoms with Crippen LogP contribution in [0.25, 0.3) is 0 Å². The lowest BCUT2D eigenvalue weighted by molar-refractivity contribution is 0.112. The highest BCUT2D eigenvalue weighted by Gasteiger charge is 2.15. The number of hydrogen-bond acceptors (Lipinski definition) is 3. The summed E-state index contributed by atoms with van der Waals surface area (Å²) in [6, 6.07) is 1.80. The van der Waals surface area contributed by atoms with E-state index in [1.54, 1.807) is 20.1 Å². The number of phenolic OH excluding ortho intramolecular Hbond substituents is 1. The van der Waals surface area contributed by atoms with Crippen molar-refractivity contribution in [2.24, 2.45) is 0 Å². The minimum atomic E-state index is 0.0697. The van der Waals surface area contributed by atoms with Crippen molar-refractivity contribution in [3.05, 3.63) is 22.8 Å². The highest BCUT2D eigenvalue weighted by molar-refractivity contribution is 5.83. The number of aldehydes is 1. The molecule has 16 heavy (non-hydrogen) atoms. The summed E-state index contributed by atoms with van der Waals surface area (Å²) < 4.78 is 5.23. The Morgan fingerprint density at radius 1 is 1.50 bits per heavy atom. The molecule has 1 aromatic rings. The smallest absolute Gasteiger partial charge is 0.154 e. The fourth-order valence-corrected chi connectivity index (χ4v) is 1.75. The number of ether oxygens (including phenoxy) is 1. The molecule has 1 aromatic carbocycles. The summed E-state index contributed by atoms with van der Waals surface area (Å²) in [5.74, 6) is 0.731. The van der Waals surface area contributed by atoms with E-state index in [1.807, 2.05) is 0 Å². The van der Waals surface area contributed by atoms with Crippen molar-refractivity contribution in [3.63, 3.8) is 0 Å². The highest BCUT2D eigenvalue weighted by Crippen LogP contribution is 2.34. The summed E-state index contributed by atoms with van der Waals surface area (Å²) in [5, 5.41) is 10.00. The molecule has 1 rings (SSSR count). The number of carbonyl (C=O) groups is 1. The van der Waals surface area contributed by atoms with E-state index in [9.17, 15) is 9.90 Å². The molecule has 0 saturated heterocycles. The van der Waals surface area contributed by atoms with Crippen molar-refractivity contribution >= 4 is 6.29 Å². The Labute approximate surface area is 96.1 Å². The lowest BCUT2D eigenvalue weighted by Crippen LogP contribution is -1.98. The van der Waals surface area contributed by atoms with Crippen molar-refractivity contribution in [3.8, 4) is 11.5 Å². The molecule has 0 atom stereocenters. The van der Waals surface area contributed by atoms with E-state index >= 15 is 0 Å². The van der Waals surface area contributed by atoms with Gasteiger partial charge < -0.3 is 9.84 Å². The quantitative estimate of drug-likeness (QED) is 0.779. The molecule has 3 heteroatoms. The van der Waals surface area contributed by atoms with Gasteiger partial charge >= 0.3 is 0 Å². The molecule has 0 saturated carbocycles. The number of benzene rings is 1. The van der Waals surface area contributed by atoms with Gasteiger partial charge in [-0.15, -0.1) is 0 Å². The van der Waals surface area contributed by atoms with Gasteiger partial charge in [0.15, 0.2) is 6.29 Å². The third-order valence-electron chi connectivity index (χ3n) is 2.73. The van der Waals surface area contributed by atoms with E-state index in [0.29, 0.717) is 17.6 Å². The SMILES string of the molecule is CCCCc1c(OC)cc(C)c(C=O)c1O. The summed E-state index contributed by atoms with van der Waals surface area (Å²) >= 11 is 0. The number of methoxy groups -OCH3 is 1. The maximum absolute atomic E-state index is 10.9. The molecule has 88 valence electrons. The van der Waals surface area contributed by atoms with E-state index in [0.717, 1.165) is 30.4 Å². The minimum Gasteiger partial charge on any atom is -0.507 e. The average Bonchev–Trinajstić information content (AvgIpc) is 2.28. The van der Waals surface area contributed by atoms with Crippen LogP contribution < -0.4 is 4.74 Å². The average molecular weight is 222 g/mol. The molecule has 0 spiro atoms. The number of unbranched alkanes of at least 4 members (excludes halogenated alkanes) is 1. The number of rotatable bonds is 5. The molecule has 0 unspecified atom stereocenters. The Morgan fingerprint density at radius 3 is 2.69 bits per heavy atom. The topological polar surface area (TPSA) is 46.5 Å². The zero-order chi connectivity index (χ0) is 12.1. The first-order valence-corrected chi connectivity index (χ1v) is 5.50. The van der Waals surface area contributed by atoms with Gasteiger partial charge in [-0.3, -0.25) is 4.79 Å². The maximum atomic E-state index is 10.9. The minimum absolute atomic E-state index is 0.0697. The lowest BCUT2D eigenvalue weighted by atomic mass is 9.99. The van der Waals surface area contributed by atoms with Crippen molar-refractivity contribution < 1.29 is 14.6 Å². The number of aromatic hydroxyl groups is 1. The van der Waals surface area contributed by atoms with Gasteiger partial charge in [-0.2, -0.15) is 0 Å². The predicted octanol–water partition coefficient (Wildman–Crippen LogP) is 2.86. The second-order valence-corrected chi connectivity index (χ2v) is 3.86. The fourth-order valence-electron chi connectivity index (χ4n) is 1.75. The van der Waals surface area contributed by atoms with Gasteiger partial charge in [-0.1, -0.05) is 13.3 Å². The van der Waals surface area contributed by atoms with Gasteiger partial charge in [-0.25, -0.2) is 0 Å². The monoisotopic (exact) mass is 222 g/mol. The van der Waals surface area contributed by atoms with Crippen molar-refractivity contribution in [2.75, 3.05) is 7.11 Å². The molecule has 3 nitrogen and oxygen atoms in total. The fraction of sp³-hybridized carbons (Fsp3) is 0.462. The second kappa shape index (κ2) is 5.54. The Morgan fingerprint density at radius 2 is 2.19 bits per heavy atom. The molecule has 0 bridgehead atoms. The van der Waals surface area contributed by atoms with Crippen molar-refractivity contribution in [2.45, 2.75) is 33.1 Å². The van der Waals surface area contributed by atoms with Crippen LogP contribution in [0.4, 0.5) is 0 Å². The molecule has 1 N–H and O–H groups in total. The van der Waals surface area contributed by atoms with E-state index in [-0.39, 0.29) is 5.75 Å². The van der Waals surface area contributed by atoms with Crippen LogP contribution >= 0.6 is 0 Å². The van der Waals surface area contributed by atoms with Gasteiger partial charge in [0.25, 0.3) is 0 Å². The van der Waals surface area contributed by atoms with Gasteiger partial charge in [0.1, 0.15) is 11.5 Å². The van der Waals surface area contributed by atoms with Gasteiger partial charge in [-0.05, 0) is 31.4 Å². The van der Waals surface area contributed by atoms with Crippen molar-refractivity contribution in [1.29, 1.82) is 0 Å². The Bertz CT molecular complexity index is 383. The predicted molar refractivity (Wildman–Crippen MR) is 63.4 cm³/mol. The molecule has 0 aliphatic carbocycles. The van der Waals surface area contributed by atoms with Crippen molar-refractivity contribution in [1.82, 2.24) is 0 Å². The van der Waals surface area contributed by atoms with Crippen LogP contribution in [-0.4, -0.2) is 18.5 Å². The van der Waals surface area contributed by atoms with E-state index in [2.05, 4.69) is 6.92 Å². The molecule has 0 aromatic heterocycles. The first kappa shape index (κ1) is 12.6. The van der Waals surface area contributed by atoms with Crippen LogP contribution in [0.15, 0.2) is 6.07 Å². The number of hydrogen-bond donors (Lipinski definition) is 1. The number of carbonyl (C=O) groups excluding carboxylic acids is 1. The summed E-state index contributed by atoms with van der Waals surface area (Å²) in [6.07, 6.45) is 3.42. The Kier molecular flexibility index (Phi) is 4.35. The molecular weight excluding hydrogens is 204 g/mol.